The van der Waals surface area contributed by atoms with Crippen molar-refractivity contribution in [3.05, 3.63) is 42.5 Å². The highest BCUT2D eigenvalue weighted by Crippen LogP contribution is 2.39. The molecule has 0 saturated carbocycles. The zero-order valence-corrected chi connectivity index (χ0v) is 10.9. The van der Waals surface area contributed by atoms with Crippen molar-refractivity contribution in [1.29, 1.82) is 0 Å². The van der Waals surface area contributed by atoms with Crippen molar-refractivity contribution in [2.45, 2.75) is 0 Å². The van der Waals surface area contributed by atoms with E-state index in [0.29, 0.717) is 0 Å². The monoisotopic (exact) mass is 238 g/mol. The molecule has 0 unspecified atom stereocenters. The average Bonchev–Trinajstić information content (AvgIpc) is 2.71. The molecule has 0 radical (unpaired) electrons. The Labute approximate surface area is 107 Å². The summed E-state index contributed by atoms with van der Waals surface area (Å²) in [5.74, 6) is 0. The van der Waals surface area contributed by atoms with Gasteiger partial charge in [-0.2, -0.15) is 5.11 Å². The minimum Gasteiger partial charge on any atom is -0.298 e. The van der Waals surface area contributed by atoms with Crippen LogP contribution in [0.4, 0.5) is 17.1 Å². The summed E-state index contributed by atoms with van der Waals surface area (Å²) in [6.45, 7) is 0. The van der Waals surface area contributed by atoms with Crippen molar-refractivity contribution in [1.82, 2.24) is 4.48 Å². The molecule has 1 heterocycles. The van der Waals surface area contributed by atoms with Crippen molar-refractivity contribution >= 4 is 17.1 Å². The highest BCUT2D eigenvalue weighted by molar-refractivity contribution is 5.80. The zero-order chi connectivity index (χ0) is 12.8. The van der Waals surface area contributed by atoms with Crippen LogP contribution in [0.15, 0.2) is 52.7 Å². The van der Waals surface area contributed by atoms with Crippen molar-refractivity contribution in [3.8, 4) is 11.1 Å². The van der Waals surface area contributed by atoms with Crippen LogP contribution >= 0.6 is 0 Å². The lowest BCUT2D eigenvalue weighted by Gasteiger charge is -2.23. The first-order chi connectivity index (χ1) is 8.54. The third kappa shape index (κ3) is 1.83. The summed E-state index contributed by atoms with van der Waals surface area (Å²) < 4.78 is 0.825. The number of quaternary nitrogens is 1. The van der Waals surface area contributed by atoms with Crippen LogP contribution in [0.2, 0.25) is 0 Å². The van der Waals surface area contributed by atoms with Gasteiger partial charge in [0, 0.05) is 5.56 Å². The van der Waals surface area contributed by atoms with Gasteiger partial charge in [0.25, 0.3) is 0 Å². The summed E-state index contributed by atoms with van der Waals surface area (Å²) in [5, 5.41) is 8.24. The smallest absolute Gasteiger partial charge is 0.132 e. The van der Waals surface area contributed by atoms with Gasteiger partial charge in [-0.1, -0.05) is 0 Å². The van der Waals surface area contributed by atoms with Gasteiger partial charge in [-0.25, -0.2) is 0 Å². The summed E-state index contributed by atoms with van der Waals surface area (Å²) in [7, 11) is 6.49. The quantitative estimate of drug-likeness (QED) is 0.595. The maximum atomic E-state index is 4.17. The largest absolute Gasteiger partial charge is 0.298 e. The Kier molecular flexibility index (Phi) is 2.31. The first-order valence-corrected chi connectivity index (χ1v) is 6.02. The Hall–Kier alpha value is -2.00. The lowest BCUT2D eigenvalue weighted by atomic mass is 10.0. The van der Waals surface area contributed by atoms with E-state index in [2.05, 4.69) is 61.7 Å². The van der Waals surface area contributed by atoms with E-state index in [-0.39, 0.29) is 0 Å². The number of nitrogens with zero attached hydrogens (tertiary/aromatic N) is 3. The number of hydrogen-bond acceptors (Lipinski definition) is 2. The molecule has 0 aromatic heterocycles. The van der Waals surface area contributed by atoms with Crippen LogP contribution in [0.3, 0.4) is 0 Å². The maximum Gasteiger partial charge on any atom is 0.132 e. The molecule has 3 rings (SSSR count). The fourth-order valence-electron chi connectivity index (χ4n) is 2.11. The van der Waals surface area contributed by atoms with E-state index in [9.17, 15) is 0 Å². The van der Waals surface area contributed by atoms with Crippen LogP contribution in [0.1, 0.15) is 0 Å². The van der Waals surface area contributed by atoms with Crippen LogP contribution in [0.5, 0.6) is 0 Å². The highest BCUT2D eigenvalue weighted by atomic mass is 15.3. The second-order valence-corrected chi connectivity index (χ2v) is 5.46. The normalized spacial score (nSPS) is 13.1. The van der Waals surface area contributed by atoms with Gasteiger partial charge in [0.1, 0.15) is 5.69 Å². The lowest BCUT2D eigenvalue weighted by molar-refractivity contribution is 0.486. The molecule has 0 saturated heterocycles. The standard InChI is InChI=1S/C15H16N3/c1-18(2,3)13-7-4-11(5-8-13)14-9-6-12-10-15(14)17-16-12/h4-10H,1-3H3/q+1. The Bertz CT molecular complexity index is 619. The molecule has 3 nitrogen and oxygen atoms in total. The Morgan fingerprint density at radius 3 is 2.22 bits per heavy atom. The van der Waals surface area contributed by atoms with Crippen LogP contribution < -0.4 is 4.48 Å². The summed E-state index contributed by atoms with van der Waals surface area (Å²) in [4.78, 5) is 0. The van der Waals surface area contributed by atoms with E-state index in [1.54, 1.807) is 0 Å². The van der Waals surface area contributed by atoms with Crippen molar-refractivity contribution < 1.29 is 0 Å². The summed E-state index contributed by atoms with van der Waals surface area (Å²) >= 11 is 0. The Morgan fingerprint density at radius 1 is 0.833 bits per heavy atom. The topological polar surface area (TPSA) is 24.7 Å². The van der Waals surface area contributed by atoms with Gasteiger partial charge in [-0.3, -0.25) is 4.48 Å². The Morgan fingerprint density at radius 2 is 1.56 bits per heavy atom. The van der Waals surface area contributed by atoms with Crippen LogP contribution in [-0.4, -0.2) is 21.1 Å². The van der Waals surface area contributed by atoms with E-state index in [1.807, 2.05) is 12.1 Å². The van der Waals surface area contributed by atoms with Crippen molar-refractivity contribution in [2.75, 3.05) is 21.1 Å². The molecule has 0 N–H and O–H groups in total. The van der Waals surface area contributed by atoms with Gasteiger partial charge in [-0.15, -0.1) is 5.11 Å². The fraction of sp³-hybridized carbons (Fsp3) is 0.200. The van der Waals surface area contributed by atoms with E-state index in [4.69, 9.17) is 0 Å². The average molecular weight is 238 g/mol. The number of benzene rings is 2. The molecular formula is C15H16N3+. The van der Waals surface area contributed by atoms with Gasteiger partial charge in [-0.05, 0) is 48.0 Å². The van der Waals surface area contributed by atoms with Crippen LogP contribution in [0, 0.1) is 0 Å². The second kappa shape index (κ2) is 3.75. The number of hydrogen-bond donors (Lipinski definition) is 0. The molecule has 0 atom stereocenters. The molecule has 0 fully saturated rings. The van der Waals surface area contributed by atoms with Crippen LogP contribution in [-0.2, 0) is 0 Å². The second-order valence-electron chi connectivity index (χ2n) is 5.46. The van der Waals surface area contributed by atoms with Gasteiger partial charge in [0.2, 0.25) is 0 Å². The van der Waals surface area contributed by atoms with Crippen LogP contribution in [0.25, 0.3) is 11.1 Å². The van der Waals surface area contributed by atoms with E-state index < -0.39 is 0 Å². The van der Waals surface area contributed by atoms with Crippen molar-refractivity contribution in [2.24, 2.45) is 10.2 Å². The molecule has 3 heteroatoms. The summed E-state index contributed by atoms with van der Waals surface area (Å²) in [6.07, 6.45) is 0. The minimum atomic E-state index is 0.825. The predicted octanol–water partition coefficient (Wildman–Crippen LogP) is 4.28. The molecule has 18 heavy (non-hydrogen) atoms. The third-order valence-corrected chi connectivity index (χ3v) is 3.21. The van der Waals surface area contributed by atoms with Gasteiger partial charge < -0.3 is 0 Å². The zero-order valence-electron chi connectivity index (χ0n) is 10.9. The lowest BCUT2D eigenvalue weighted by Crippen LogP contribution is -2.34. The Balaban J connectivity index is 2.02. The van der Waals surface area contributed by atoms with Crippen molar-refractivity contribution in [3.63, 3.8) is 0 Å². The molecule has 90 valence electrons. The minimum absolute atomic E-state index is 0.825. The number of fused-ring (bicyclic) bond motifs is 2. The highest BCUT2D eigenvalue weighted by Gasteiger charge is 2.14. The first-order valence-electron chi connectivity index (χ1n) is 6.02. The number of azo groups is 1. The van der Waals surface area contributed by atoms with E-state index in [0.717, 1.165) is 21.4 Å². The molecule has 2 aromatic carbocycles. The summed E-state index contributed by atoms with van der Waals surface area (Å²) in [5.41, 5.74) is 5.53. The summed E-state index contributed by atoms with van der Waals surface area (Å²) in [6, 6.07) is 14.7. The molecule has 0 spiro atoms. The van der Waals surface area contributed by atoms with Gasteiger partial charge >= 0.3 is 0 Å². The molecular weight excluding hydrogens is 222 g/mol. The molecule has 1 aliphatic rings. The van der Waals surface area contributed by atoms with Gasteiger partial charge in [0.05, 0.1) is 32.5 Å². The first kappa shape index (κ1) is 11.1. The molecule has 1 aliphatic heterocycles. The molecule has 2 aromatic rings. The predicted molar refractivity (Wildman–Crippen MR) is 75.6 cm³/mol. The molecule has 0 aliphatic carbocycles. The SMILES string of the molecule is C[N+](C)(C)c1ccc(-c2ccc3cc2N=N3)cc1. The van der Waals surface area contributed by atoms with E-state index >= 15 is 0 Å². The van der Waals surface area contributed by atoms with E-state index in [1.165, 1.54) is 11.3 Å². The molecule has 2 bridgehead atoms. The molecule has 0 amide bonds. The third-order valence-electron chi connectivity index (χ3n) is 3.21. The maximum absolute atomic E-state index is 4.17. The fourth-order valence-corrected chi connectivity index (χ4v) is 2.11. The van der Waals surface area contributed by atoms with Gasteiger partial charge in [0.15, 0.2) is 0 Å². The number of rotatable bonds is 2.